The van der Waals surface area contributed by atoms with Crippen LogP contribution in [0.1, 0.15) is 51.4 Å². The summed E-state index contributed by atoms with van der Waals surface area (Å²) in [4.78, 5) is 0. The number of hydrogen-bond acceptors (Lipinski definition) is 1. The first-order chi connectivity index (χ1) is 7.91. The third-order valence-electron chi connectivity index (χ3n) is 2.25. The molecule has 16 heavy (non-hydrogen) atoms. The van der Waals surface area contributed by atoms with Crippen LogP contribution in [0.5, 0.6) is 0 Å². The summed E-state index contributed by atoms with van der Waals surface area (Å²) in [5.74, 6) is 13.0. The normalized spacial score (nSPS) is 8.25. The Morgan fingerprint density at radius 2 is 1.38 bits per heavy atom. The lowest BCUT2D eigenvalue weighted by Gasteiger charge is -1.98. The average Bonchev–Trinajstić information content (AvgIpc) is 2.31. The molecule has 0 aliphatic heterocycles. The van der Waals surface area contributed by atoms with Crippen LogP contribution in [0.25, 0.3) is 0 Å². The van der Waals surface area contributed by atoms with Crippen LogP contribution < -0.4 is 0 Å². The van der Waals surface area contributed by atoms with E-state index in [2.05, 4.69) is 29.6 Å². The zero-order valence-corrected chi connectivity index (χ0v) is 9.89. The molecule has 0 saturated carbocycles. The molecule has 0 aliphatic rings. The summed E-state index contributed by atoms with van der Waals surface area (Å²) in [6, 6.07) is 0. The zero-order chi connectivity index (χ0) is 11.9. The molecule has 1 N–H and O–H groups in total. The highest BCUT2D eigenvalue weighted by atomic mass is 16.2. The molecule has 0 aromatic heterocycles. The van der Waals surface area contributed by atoms with Gasteiger partial charge in [-0.15, -0.1) is 6.42 Å². The molecule has 0 aromatic rings. The Morgan fingerprint density at radius 1 is 0.750 bits per heavy atom. The lowest BCUT2D eigenvalue weighted by Crippen LogP contribution is -1.83. The molecule has 0 rings (SSSR count). The van der Waals surface area contributed by atoms with Gasteiger partial charge in [0, 0.05) is 13.0 Å². The Hall–Kier alpha value is -1.36. The summed E-state index contributed by atoms with van der Waals surface area (Å²) in [5.41, 5.74) is 0. The summed E-state index contributed by atoms with van der Waals surface area (Å²) in [5, 5.41) is 8.59. The molecule has 0 atom stereocenters. The van der Waals surface area contributed by atoms with E-state index in [1.165, 1.54) is 25.7 Å². The average molecular weight is 216 g/mol. The molecule has 0 heterocycles. The van der Waals surface area contributed by atoms with Crippen molar-refractivity contribution < 1.29 is 5.11 Å². The van der Waals surface area contributed by atoms with Crippen LogP contribution in [0, 0.1) is 36.0 Å². The maximum absolute atomic E-state index is 8.59. The minimum absolute atomic E-state index is 0.328. The van der Waals surface area contributed by atoms with E-state index >= 15 is 0 Å². The van der Waals surface area contributed by atoms with Crippen LogP contribution >= 0.6 is 0 Å². The van der Waals surface area contributed by atoms with Gasteiger partial charge in [-0.05, 0) is 36.5 Å². The number of aliphatic hydroxyl groups is 1. The van der Waals surface area contributed by atoms with Gasteiger partial charge in [0.2, 0.25) is 0 Å². The zero-order valence-electron chi connectivity index (χ0n) is 9.89. The van der Waals surface area contributed by atoms with Gasteiger partial charge in [0.05, 0.1) is 0 Å². The van der Waals surface area contributed by atoms with Gasteiger partial charge < -0.3 is 5.11 Å². The number of terminal acetylenes is 1. The highest BCUT2D eigenvalue weighted by Crippen LogP contribution is 2.07. The van der Waals surface area contributed by atoms with Crippen molar-refractivity contribution in [1.29, 1.82) is 0 Å². The Morgan fingerprint density at radius 3 is 2.00 bits per heavy atom. The van der Waals surface area contributed by atoms with Gasteiger partial charge >= 0.3 is 0 Å². The Balaban J connectivity index is 3.15. The fourth-order valence-electron chi connectivity index (χ4n) is 1.38. The third-order valence-corrected chi connectivity index (χ3v) is 2.25. The monoisotopic (exact) mass is 216 g/mol. The van der Waals surface area contributed by atoms with Crippen LogP contribution in [0.2, 0.25) is 0 Å². The van der Waals surface area contributed by atoms with Crippen LogP contribution in [0.4, 0.5) is 0 Å². The van der Waals surface area contributed by atoms with Crippen LogP contribution in [-0.4, -0.2) is 11.7 Å². The molecule has 1 heteroatoms. The number of hydrogen-bond donors (Lipinski definition) is 1. The number of unbranched alkanes of at least 4 members (excludes halogenated alkanes) is 7. The second-order valence-electron chi connectivity index (χ2n) is 3.64. The molecule has 0 amide bonds. The van der Waals surface area contributed by atoms with Crippen molar-refractivity contribution in [3.63, 3.8) is 0 Å². The number of aliphatic hydroxyl groups excluding tert-OH is 1. The maximum Gasteiger partial charge on any atom is 0.0431 e. The van der Waals surface area contributed by atoms with E-state index in [1.807, 2.05) is 0 Å². The lowest BCUT2D eigenvalue weighted by atomic mass is 10.1. The first kappa shape index (κ1) is 14.6. The summed E-state index contributed by atoms with van der Waals surface area (Å²) in [7, 11) is 0. The predicted molar refractivity (Wildman–Crippen MR) is 68.4 cm³/mol. The first-order valence-electron chi connectivity index (χ1n) is 5.96. The van der Waals surface area contributed by atoms with Gasteiger partial charge in [-0.25, -0.2) is 0 Å². The number of rotatable bonds is 8. The molecule has 0 aromatic carbocycles. The Kier molecular flexibility index (Phi) is 12.5. The van der Waals surface area contributed by atoms with Crippen molar-refractivity contribution in [2.45, 2.75) is 51.4 Å². The smallest absolute Gasteiger partial charge is 0.0431 e. The van der Waals surface area contributed by atoms with E-state index in [4.69, 9.17) is 11.5 Å². The SMILES string of the molecule is C#CC#CC#CCCCCCCCCCO. The molecular formula is C15H20O. The topological polar surface area (TPSA) is 20.2 Å². The van der Waals surface area contributed by atoms with Gasteiger partial charge in [0.25, 0.3) is 0 Å². The Bertz CT molecular complexity index is 300. The first-order valence-corrected chi connectivity index (χ1v) is 5.96. The van der Waals surface area contributed by atoms with Gasteiger partial charge in [0.1, 0.15) is 0 Å². The lowest BCUT2D eigenvalue weighted by molar-refractivity contribution is 0.282. The van der Waals surface area contributed by atoms with Gasteiger partial charge in [-0.1, -0.05) is 38.0 Å². The Labute approximate surface area is 99.6 Å². The fraction of sp³-hybridized carbons (Fsp3) is 0.600. The molecule has 0 saturated heterocycles. The second kappa shape index (κ2) is 13.6. The summed E-state index contributed by atoms with van der Waals surface area (Å²) >= 11 is 0. The molecule has 1 nitrogen and oxygen atoms in total. The largest absolute Gasteiger partial charge is 0.396 e. The van der Waals surface area contributed by atoms with Crippen molar-refractivity contribution in [3.8, 4) is 36.0 Å². The van der Waals surface area contributed by atoms with Gasteiger partial charge in [-0.3, -0.25) is 0 Å². The minimum atomic E-state index is 0.328. The molecule has 86 valence electrons. The summed E-state index contributed by atoms with van der Waals surface area (Å²) < 4.78 is 0. The molecule has 0 unspecified atom stereocenters. The van der Waals surface area contributed by atoms with Crippen molar-refractivity contribution in [3.05, 3.63) is 0 Å². The van der Waals surface area contributed by atoms with E-state index in [1.54, 1.807) is 0 Å². The summed E-state index contributed by atoms with van der Waals surface area (Å²) in [6.07, 6.45) is 14.1. The van der Waals surface area contributed by atoms with Gasteiger partial charge in [-0.2, -0.15) is 0 Å². The van der Waals surface area contributed by atoms with Crippen LogP contribution in [0.3, 0.4) is 0 Å². The summed E-state index contributed by atoms with van der Waals surface area (Å²) in [6.45, 7) is 0.328. The van der Waals surface area contributed by atoms with E-state index in [0.717, 1.165) is 25.7 Å². The minimum Gasteiger partial charge on any atom is -0.396 e. The molecule has 0 fully saturated rings. The van der Waals surface area contributed by atoms with Gasteiger partial charge in [0.15, 0.2) is 0 Å². The molecule has 0 radical (unpaired) electrons. The highest BCUT2D eigenvalue weighted by Gasteiger charge is 1.90. The standard InChI is InChI=1S/C15H20O/c1-2-3-4-5-6-7-8-9-10-11-12-13-14-15-16/h1,16H,7-15H2. The second-order valence-corrected chi connectivity index (χ2v) is 3.64. The van der Waals surface area contributed by atoms with E-state index in [0.29, 0.717) is 6.61 Å². The molecule has 0 spiro atoms. The third kappa shape index (κ3) is 12.6. The fourth-order valence-corrected chi connectivity index (χ4v) is 1.38. The molecule has 0 bridgehead atoms. The van der Waals surface area contributed by atoms with Crippen LogP contribution in [0.15, 0.2) is 0 Å². The predicted octanol–water partition coefficient (Wildman–Crippen LogP) is 2.74. The van der Waals surface area contributed by atoms with E-state index in [-0.39, 0.29) is 0 Å². The quantitative estimate of drug-likeness (QED) is 0.488. The van der Waals surface area contributed by atoms with E-state index < -0.39 is 0 Å². The van der Waals surface area contributed by atoms with E-state index in [9.17, 15) is 0 Å². The molecular weight excluding hydrogens is 196 g/mol. The van der Waals surface area contributed by atoms with Crippen molar-refractivity contribution >= 4 is 0 Å². The molecule has 0 aliphatic carbocycles. The van der Waals surface area contributed by atoms with Crippen molar-refractivity contribution in [1.82, 2.24) is 0 Å². The highest BCUT2D eigenvalue weighted by molar-refractivity contribution is 5.33. The van der Waals surface area contributed by atoms with Crippen LogP contribution in [-0.2, 0) is 0 Å². The van der Waals surface area contributed by atoms with Crippen molar-refractivity contribution in [2.24, 2.45) is 0 Å². The maximum atomic E-state index is 8.59. The van der Waals surface area contributed by atoms with Crippen molar-refractivity contribution in [2.75, 3.05) is 6.61 Å².